The molecule has 2 N–H and O–H groups in total. The van der Waals surface area contributed by atoms with Crippen molar-refractivity contribution >= 4 is 17.5 Å². The molecule has 122 valence electrons. The fraction of sp³-hybridized carbons (Fsp3) is 0.500. The average molecular weight is 308 g/mol. The monoisotopic (exact) mass is 308 g/mol. The minimum absolute atomic E-state index is 0.310. The van der Waals surface area contributed by atoms with Gasteiger partial charge in [0.05, 0.1) is 0 Å². The summed E-state index contributed by atoms with van der Waals surface area (Å²) in [6, 6.07) is 7.26. The molecule has 2 amide bonds. The Balaban J connectivity index is 2.36. The second kappa shape index (κ2) is 9.92. The van der Waals surface area contributed by atoms with Crippen molar-refractivity contribution in [1.29, 1.82) is 0 Å². The SMILES string of the molecule is CCOC(CCNC(=O)C(=O)Nc1cccc(C)c1)OCC. The Labute approximate surface area is 131 Å². The van der Waals surface area contributed by atoms with Crippen LogP contribution in [0.5, 0.6) is 0 Å². The Hall–Kier alpha value is -1.92. The summed E-state index contributed by atoms with van der Waals surface area (Å²) in [5.74, 6) is -1.36. The largest absolute Gasteiger partial charge is 0.353 e. The third-order valence-electron chi connectivity index (χ3n) is 2.85. The van der Waals surface area contributed by atoms with E-state index in [1.165, 1.54) is 0 Å². The summed E-state index contributed by atoms with van der Waals surface area (Å²) in [5.41, 5.74) is 1.61. The van der Waals surface area contributed by atoms with E-state index in [1.54, 1.807) is 12.1 Å². The van der Waals surface area contributed by atoms with Crippen LogP contribution >= 0.6 is 0 Å². The molecule has 1 rings (SSSR count). The molecule has 0 bridgehead atoms. The lowest BCUT2D eigenvalue weighted by Crippen LogP contribution is -2.37. The Bertz CT molecular complexity index is 485. The molecule has 0 heterocycles. The molecule has 22 heavy (non-hydrogen) atoms. The van der Waals surface area contributed by atoms with Crippen LogP contribution in [-0.2, 0) is 19.1 Å². The summed E-state index contributed by atoms with van der Waals surface area (Å²) in [5, 5.41) is 5.11. The first-order valence-corrected chi connectivity index (χ1v) is 7.45. The third-order valence-corrected chi connectivity index (χ3v) is 2.85. The summed E-state index contributed by atoms with van der Waals surface area (Å²) in [6.45, 7) is 7.04. The van der Waals surface area contributed by atoms with Gasteiger partial charge in [-0.25, -0.2) is 0 Å². The number of benzene rings is 1. The van der Waals surface area contributed by atoms with E-state index in [-0.39, 0.29) is 6.29 Å². The number of carbonyl (C=O) groups is 2. The van der Waals surface area contributed by atoms with Gasteiger partial charge in [0.15, 0.2) is 6.29 Å². The standard InChI is InChI=1S/C16H24N2O4/c1-4-21-14(22-5-2)9-10-17-15(19)16(20)18-13-8-6-7-12(3)11-13/h6-8,11,14H,4-5,9-10H2,1-3H3,(H,17,19)(H,18,20). The summed E-state index contributed by atoms with van der Waals surface area (Å²) in [7, 11) is 0. The number of hydrogen-bond acceptors (Lipinski definition) is 4. The molecular formula is C16H24N2O4. The van der Waals surface area contributed by atoms with E-state index in [0.29, 0.717) is 31.9 Å². The highest BCUT2D eigenvalue weighted by molar-refractivity contribution is 6.39. The van der Waals surface area contributed by atoms with Crippen molar-refractivity contribution in [1.82, 2.24) is 5.32 Å². The van der Waals surface area contributed by atoms with Crippen LogP contribution in [0.4, 0.5) is 5.69 Å². The Morgan fingerprint density at radius 1 is 1.14 bits per heavy atom. The van der Waals surface area contributed by atoms with Gasteiger partial charge in [-0.15, -0.1) is 0 Å². The number of nitrogens with one attached hydrogen (secondary N) is 2. The van der Waals surface area contributed by atoms with Crippen molar-refractivity contribution in [3.8, 4) is 0 Å². The van der Waals surface area contributed by atoms with Crippen molar-refractivity contribution < 1.29 is 19.1 Å². The van der Waals surface area contributed by atoms with Gasteiger partial charge in [-0.1, -0.05) is 12.1 Å². The maximum atomic E-state index is 11.8. The second-order valence-corrected chi connectivity index (χ2v) is 4.71. The molecule has 0 unspecified atom stereocenters. The lowest BCUT2D eigenvalue weighted by molar-refractivity contribution is -0.142. The minimum Gasteiger partial charge on any atom is -0.353 e. The van der Waals surface area contributed by atoms with Crippen LogP contribution in [0.3, 0.4) is 0 Å². The third kappa shape index (κ3) is 6.69. The first kappa shape index (κ1) is 18.1. The van der Waals surface area contributed by atoms with Crippen LogP contribution in [0, 0.1) is 6.92 Å². The fourth-order valence-electron chi connectivity index (χ4n) is 1.88. The Morgan fingerprint density at radius 3 is 2.41 bits per heavy atom. The molecule has 0 aliphatic heterocycles. The molecule has 1 aromatic rings. The smallest absolute Gasteiger partial charge is 0.313 e. The molecule has 0 aromatic heterocycles. The zero-order chi connectivity index (χ0) is 16.4. The summed E-state index contributed by atoms with van der Waals surface area (Å²) in [6.07, 6.45) is 0.126. The van der Waals surface area contributed by atoms with Gasteiger partial charge in [-0.05, 0) is 38.5 Å². The first-order chi connectivity index (χ1) is 10.6. The lowest BCUT2D eigenvalue weighted by Gasteiger charge is -2.16. The Kier molecular flexibility index (Phi) is 8.17. The molecule has 0 fully saturated rings. The van der Waals surface area contributed by atoms with Crippen LogP contribution in [0.15, 0.2) is 24.3 Å². The van der Waals surface area contributed by atoms with Gasteiger partial charge in [0.1, 0.15) is 0 Å². The quantitative estimate of drug-likeness (QED) is 0.567. The molecule has 0 spiro atoms. The maximum Gasteiger partial charge on any atom is 0.313 e. The molecular weight excluding hydrogens is 284 g/mol. The van der Waals surface area contributed by atoms with E-state index in [4.69, 9.17) is 9.47 Å². The van der Waals surface area contributed by atoms with Crippen molar-refractivity contribution in [2.24, 2.45) is 0 Å². The van der Waals surface area contributed by atoms with E-state index in [0.717, 1.165) is 5.56 Å². The second-order valence-electron chi connectivity index (χ2n) is 4.71. The number of carbonyl (C=O) groups excluding carboxylic acids is 2. The molecule has 6 nitrogen and oxygen atoms in total. The van der Waals surface area contributed by atoms with E-state index >= 15 is 0 Å². The molecule has 0 atom stereocenters. The predicted molar refractivity (Wildman–Crippen MR) is 84.5 cm³/mol. The van der Waals surface area contributed by atoms with E-state index in [2.05, 4.69) is 10.6 Å². The topological polar surface area (TPSA) is 76.7 Å². The molecule has 0 saturated carbocycles. The number of hydrogen-bond donors (Lipinski definition) is 2. The molecule has 6 heteroatoms. The van der Waals surface area contributed by atoms with Crippen molar-refractivity contribution in [2.75, 3.05) is 25.1 Å². The highest BCUT2D eigenvalue weighted by Crippen LogP contribution is 2.09. The van der Waals surface area contributed by atoms with Gasteiger partial charge in [0.25, 0.3) is 0 Å². The van der Waals surface area contributed by atoms with Gasteiger partial charge in [-0.3, -0.25) is 9.59 Å². The van der Waals surface area contributed by atoms with Crippen LogP contribution in [0.2, 0.25) is 0 Å². The average Bonchev–Trinajstić information content (AvgIpc) is 2.47. The van der Waals surface area contributed by atoms with Gasteiger partial charge in [0.2, 0.25) is 0 Å². The van der Waals surface area contributed by atoms with Crippen LogP contribution in [0.1, 0.15) is 25.8 Å². The zero-order valence-electron chi connectivity index (χ0n) is 13.3. The summed E-state index contributed by atoms with van der Waals surface area (Å²) >= 11 is 0. The number of amides is 2. The minimum atomic E-state index is -0.685. The van der Waals surface area contributed by atoms with Gasteiger partial charge < -0.3 is 20.1 Å². The summed E-state index contributed by atoms with van der Waals surface area (Å²) in [4.78, 5) is 23.5. The van der Waals surface area contributed by atoms with Crippen molar-refractivity contribution in [3.63, 3.8) is 0 Å². The lowest BCUT2D eigenvalue weighted by atomic mass is 10.2. The maximum absolute atomic E-state index is 11.8. The highest BCUT2D eigenvalue weighted by atomic mass is 16.7. The normalized spacial score (nSPS) is 10.5. The molecule has 0 aliphatic carbocycles. The number of rotatable bonds is 8. The predicted octanol–water partition coefficient (Wildman–Crippen LogP) is 1.84. The van der Waals surface area contributed by atoms with Crippen molar-refractivity contribution in [2.45, 2.75) is 33.5 Å². The molecule has 0 radical (unpaired) electrons. The molecule has 1 aromatic carbocycles. The number of ether oxygens (including phenoxy) is 2. The van der Waals surface area contributed by atoms with Crippen molar-refractivity contribution in [3.05, 3.63) is 29.8 Å². The van der Waals surface area contributed by atoms with Gasteiger partial charge >= 0.3 is 11.8 Å². The van der Waals surface area contributed by atoms with Gasteiger partial charge in [-0.2, -0.15) is 0 Å². The van der Waals surface area contributed by atoms with Crippen LogP contribution < -0.4 is 10.6 Å². The summed E-state index contributed by atoms with van der Waals surface area (Å²) < 4.78 is 10.7. The zero-order valence-corrected chi connectivity index (χ0v) is 13.3. The number of aryl methyl sites for hydroxylation is 1. The highest BCUT2D eigenvalue weighted by Gasteiger charge is 2.14. The van der Waals surface area contributed by atoms with E-state index in [9.17, 15) is 9.59 Å². The van der Waals surface area contributed by atoms with Crippen LogP contribution in [0.25, 0.3) is 0 Å². The first-order valence-electron chi connectivity index (χ1n) is 7.45. The van der Waals surface area contributed by atoms with E-state index in [1.807, 2.05) is 32.9 Å². The molecule has 0 aliphatic rings. The van der Waals surface area contributed by atoms with Crippen LogP contribution in [-0.4, -0.2) is 37.9 Å². The number of anilines is 1. The fourth-order valence-corrected chi connectivity index (χ4v) is 1.88. The van der Waals surface area contributed by atoms with Gasteiger partial charge in [0, 0.05) is 31.9 Å². The van der Waals surface area contributed by atoms with E-state index < -0.39 is 11.8 Å². The Morgan fingerprint density at radius 2 is 1.82 bits per heavy atom. The molecule has 0 saturated heterocycles.